The second-order valence-corrected chi connectivity index (χ2v) is 4.75. The van der Waals surface area contributed by atoms with Crippen LogP contribution in [0.3, 0.4) is 0 Å². The molecule has 0 rings (SSSR count). The van der Waals surface area contributed by atoms with Gasteiger partial charge in [-0.2, -0.15) is 79.0 Å². The van der Waals surface area contributed by atoms with Crippen molar-refractivity contribution in [1.29, 1.82) is 0 Å². The van der Waals surface area contributed by atoms with Gasteiger partial charge in [0, 0.05) is 0 Å². The van der Waals surface area contributed by atoms with Crippen LogP contribution in [0.25, 0.3) is 0 Å². The number of Topliss-reactive ketones (excluding diaryl/α,β-unsaturated/α-hetero) is 1. The van der Waals surface area contributed by atoms with Crippen LogP contribution in [0.1, 0.15) is 0 Å². The highest BCUT2D eigenvalue weighted by molar-refractivity contribution is 5.89. The predicted octanol–water partition coefficient (Wildman–Crippen LogP) is 5.36. The van der Waals surface area contributed by atoms with E-state index in [9.17, 15) is 83.8 Å². The molecule has 180 valence electrons. The molecule has 0 heterocycles. The van der Waals surface area contributed by atoms with Crippen molar-refractivity contribution in [3.05, 3.63) is 0 Å². The van der Waals surface area contributed by atoms with Crippen molar-refractivity contribution in [1.82, 2.24) is 0 Å². The van der Waals surface area contributed by atoms with Gasteiger partial charge in [0.15, 0.2) is 0 Å². The van der Waals surface area contributed by atoms with Crippen LogP contribution in [-0.2, 0) is 14.3 Å². The zero-order valence-corrected chi connectivity index (χ0v) is 12.5. The first-order valence-corrected chi connectivity index (χ1v) is 5.92. The van der Waals surface area contributed by atoms with Crippen LogP contribution in [0.15, 0.2) is 0 Å². The van der Waals surface area contributed by atoms with Crippen LogP contribution >= 0.6 is 0 Å². The lowest BCUT2D eigenvalue weighted by molar-refractivity contribution is -0.486. The molecule has 0 aliphatic carbocycles. The molecule has 21 heteroatoms. The van der Waals surface area contributed by atoms with Crippen LogP contribution in [0, 0.1) is 0 Å². The molecule has 0 atom stereocenters. The Morgan fingerprint density at radius 2 is 0.567 bits per heavy atom. The van der Waals surface area contributed by atoms with Crippen LogP contribution in [0.2, 0.25) is 0 Å². The monoisotopic (exact) mass is 498 g/mol. The Labute approximate surface area is 149 Å². The molecule has 0 aliphatic rings. The molecule has 0 bridgehead atoms. The van der Waals surface area contributed by atoms with Gasteiger partial charge in [-0.1, -0.05) is 0 Å². The highest BCUT2D eigenvalue weighted by atomic mass is 19.4. The normalized spacial score (nSPS) is 16.1. The molecule has 30 heavy (non-hydrogen) atoms. The third-order valence-corrected chi connectivity index (χ3v) is 2.52. The van der Waals surface area contributed by atoms with E-state index in [-0.39, 0.29) is 0 Å². The molecule has 0 radical (unpaired) electrons. The summed E-state index contributed by atoms with van der Waals surface area (Å²) >= 11 is 0. The summed E-state index contributed by atoms with van der Waals surface area (Å²) in [6, 6.07) is 0. The largest absolute Gasteiger partial charge is 0.458 e. The topological polar surface area (TPSA) is 35.5 Å². The quantitative estimate of drug-likeness (QED) is 0.464. The number of alkyl halides is 18. The number of carbonyl (C=O) groups is 1. The molecule has 0 saturated carbocycles. The number of halogens is 18. The Hall–Kier alpha value is -1.67. The Morgan fingerprint density at radius 3 is 0.700 bits per heavy atom. The smallest absolute Gasteiger partial charge is 0.280 e. The standard InChI is InChI=1S/C9F18O3/c10-2(11,29-4(14,6(16,17)18)7(19,20)21)1(28)3(12,13)30-5(15,8(22,23)24)9(25,26)27. The van der Waals surface area contributed by atoms with Gasteiger partial charge in [-0.25, -0.2) is 0 Å². The maximum atomic E-state index is 13.0. The molecular weight excluding hydrogens is 498 g/mol. The van der Waals surface area contributed by atoms with Gasteiger partial charge >= 0.3 is 54.4 Å². The second-order valence-electron chi connectivity index (χ2n) is 4.75. The minimum Gasteiger partial charge on any atom is -0.280 e. The fraction of sp³-hybridized carbons (Fsp3) is 0.889. The fourth-order valence-electron chi connectivity index (χ4n) is 1.17. The van der Waals surface area contributed by atoms with Crippen molar-refractivity contribution in [2.24, 2.45) is 0 Å². The van der Waals surface area contributed by atoms with Gasteiger partial charge in [-0.3, -0.25) is 14.3 Å². The second kappa shape index (κ2) is 7.19. The summed E-state index contributed by atoms with van der Waals surface area (Å²) in [6.07, 6.45) is -45.4. The molecule has 0 aromatic heterocycles. The van der Waals surface area contributed by atoms with E-state index < -0.39 is 54.4 Å². The SMILES string of the molecule is O=C(C(F)(F)OC(F)(C(F)(F)F)C(F)(F)F)C(F)(F)OC(F)(C(F)(F)F)C(F)(F)F. The lowest BCUT2D eigenvalue weighted by atomic mass is 10.2. The maximum absolute atomic E-state index is 13.0. The number of ketones is 1. The van der Waals surface area contributed by atoms with E-state index in [0.29, 0.717) is 0 Å². The zero-order chi connectivity index (χ0) is 25.0. The third-order valence-electron chi connectivity index (χ3n) is 2.52. The Bertz CT molecular complexity index is 553. The predicted molar refractivity (Wildman–Crippen MR) is 49.0 cm³/mol. The van der Waals surface area contributed by atoms with E-state index >= 15 is 0 Å². The first kappa shape index (κ1) is 28.3. The summed E-state index contributed by atoms with van der Waals surface area (Å²) < 4.78 is 225. The van der Waals surface area contributed by atoms with Gasteiger partial charge in [0.25, 0.3) is 0 Å². The van der Waals surface area contributed by atoms with Crippen molar-refractivity contribution < 1.29 is 93.3 Å². The number of hydrogen-bond donors (Lipinski definition) is 0. The Balaban J connectivity index is 6.25. The highest BCUT2D eigenvalue weighted by Crippen LogP contribution is 2.52. The molecule has 0 unspecified atom stereocenters. The molecule has 0 saturated heterocycles. The Kier molecular flexibility index (Phi) is 6.79. The number of carbonyl (C=O) groups excluding carboxylic acids is 1. The number of hydrogen-bond acceptors (Lipinski definition) is 3. The van der Waals surface area contributed by atoms with Gasteiger partial charge in [0.2, 0.25) is 0 Å². The van der Waals surface area contributed by atoms with Crippen LogP contribution < -0.4 is 0 Å². The van der Waals surface area contributed by atoms with E-state index in [0.717, 1.165) is 0 Å². The molecule has 0 N–H and O–H groups in total. The van der Waals surface area contributed by atoms with E-state index in [2.05, 4.69) is 0 Å². The molecular formula is C9F18O3. The zero-order valence-electron chi connectivity index (χ0n) is 12.5. The highest BCUT2D eigenvalue weighted by Gasteiger charge is 2.81. The van der Waals surface area contributed by atoms with Crippen LogP contribution in [-0.4, -0.2) is 54.4 Å². The van der Waals surface area contributed by atoms with Gasteiger partial charge in [0.05, 0.1) is 0 Å². The summed E-state index contributed by atoms with van der Waals surface area (Å²) in [4.78, 5) is 10.6. The third kappa shape index (κ3) is 4.97. The van der Waals surface area contributed by atoms with E-state index in [1.54, 1.807) is 0 Å². The molecule has 3 nitrogen and oxygen atoms in total. The maximum Gasteiger partial charge on any atom is 0.458 e. The number of ether oxygens (including phenoxy) is 2. The van der Waals surface area contributed by atoms with Crippen molar-refractivity contribution in [3.8, 4) is 0 Å². The lowest BCUT2D eigenvalue weighted by Crippen LogP contribution is -2.63. The van der Waals surface area contributed by atoms with E-state index in [1.807, 2.05) is 0 Å². The van der Waals surface area contributed by atoms with Crippen LogP contribution in [0.5, 0.6) is 0 Å². The molecule has 0 fully saturated rings. The average Bonchev–Trinajstić information content (AvgIpc) is 2.40. The molecule has 0 spiro atoms. The summed E-state index contributed by atoms with van der Waals surface area (Å²) in [5, 5.41) is 0. The van der Waals surface area contributed by atoms with Gasteiger partial charge in [0.1, 0.15) is 0 Å². The summed E-state index contributed by atoms with van der Waals surface area (Å²) in [7, 11) is 0. The first-order valence-electron chi connectivity index (χ1n) is 5.92. The average molecular weight is 498 g/mol. The molecule has 0 aromatic carbocycles. The minimum atomic E-state index is -7.64. The summed E-state index contributed by atoms with van der Waals surface area (Å²) in [5.41, 5.74) is 0. The van der Waals surface area contributed by atoms with E-state index in [1.165, 1.54) is 9.47 Å². The fourth-order valence-corrected chi connectivity index (χ4v) is 1.17. The molecule has 0 aromatic rings. The van der Waals surface area contributed by atoms with Crippen molar-refractivity contribution >= 4 is 5.78 Å². The van der Waals surface area contributed by atoms with Gasteiger partial charge in [-0.05, 0) is 0 Å². The van der Waals surface area contributed by atoms with Crippen molar-refractivity contribution in [2.45, 2.75) is 48.6 Å². The number of rotatable bonds is 6. The van der Waals surface area contributed by atoms with Gasteiger partial charge < -0.3 is 0 Å². The van der Waals surface area contributed by atoms with Crippen molar-refractivity contribution in [3.63, 3.8) is 0 Å². The molecule has 0 aliphatic heterocycles. The molecule has 0 amide bonds. The van der Waals surface area contributed by atoms with E-state index in [4.69, 9.17) is 0 Å². The minimum absolute atomic E-state index is 1.34. The van der Waals surface area contributed by atoms with Crippen molar-refractivity contribution in [2.75, 3.05) is 0 Å². The summed E-state index contributed by atoms with van der Waals surface area (Å²) in [6.45, 7) is 0. The summed E-state index contributed by atoms with van der Waals surface area (Å²) in [5.74, 6) is -20.5. The first-order chi connectivity index (χ1) is 12.6. The lowest BCUT2D eigenvalue weighted by Gasteiger charge is -2.35. The van der Waals surface area contributed by atoms with Gasteiger partial charge in [-0.15, -0.1) is 0 Å². The van der Waals surface area contributed by atoms with Crippen LogP contribution in [0.4, 0.5) is 79.0 Å². The Morgan fingerprint density at radius 1 is 0.400 bits per heavy atom.